The number of halogens is 1. The minimum absolute atomic E-state index is 0.0443. The van der Waals surface area contributed by atoms with Crippen LogP contribution in [0.2, 0.25) is 0 Å². The molecule has 1 aromatic carbocycles. The summed E-state index contributed by atoms with van der Waals surface area (Å²) in [4.78, 5) is 30.4. The van der Waals surface area contributed by atoms with Crippen LogP contribution < -0.4 is 10.6 Å². The molecular formula is C21H27FN4O2S. The van der Waals surface area contributed by atoms with Gasteiger partial charge in [-0.25, -0.2) is 9.37 Å². The number of hydrogen-bond donors (Lipinski definition) is 1. The van der Waals surface area contributed by atoms with Crippen LogP contribution in [0.1, 0.15) is 49.5 Å². The Morgan fingerprint density at radius 3 is 2.52 bits per heavy atom. The normalized spacial score (nSPS) is 14.3. The molecule has 3 rings (SSSR count). The van der Waals surface area contributed by atoms with Crippen molar-refractivity contribution in [2.24, 2.45) is 5.73 Å². The summed E-state index contributed by atoms with van der Waals surface area (Å²) in [6, 6.07) is 6.11. The van der Waals surface area contributed by atoms with Crippen LogP contribution in [-0.2, 0) is 9.59 Å². The molecule has 0 radical (unpaired) electrons. The number of benzene rings is 1. The second-order valence-electron chi connectivity index (χ2n) is 7.40. The number of anilines is 1. The molecule has 2 aromatic rings. The number of nitrogens with two attached hydrogens (primary N) is 1. The summed E-state index contributed by atoms with van der Waals surface area (Å²) in [6.07, 6.45) is 4.76. The molecule has 1 aromatic heterocycles. The van der Waals surface area contributed by atoms with Crippen LogP contribution in [-0.4, -0.2) is 33.7 Å². The van der Waals surface area contributed by atoms with Crippen molar-refractivity contribution in [3.8, 4) is 0 Å². The average molecular weight is 419 g/mol. The lowest BCUT2D eigenvalue weighted by Gasteiger charge is -2.23. The van der Waals surface area contributed by atoms with E-state index in [-0.39, 0.29) is 30.4 Å². The Bertz CT molecular complexity index is 876. The van der Waals surface area contributed by atoms with E-state index in [2.05, 4.69) is 16.5 Å². The summed E-state index contributed by atoms with van der Waals surface area (Å²) in [5.41, 5.74) is 7.94. The predicted octanol–water partition coefficient (Wildman–Crippen LogP) is 3.75. The summed E-state index contributed by atoms with van der Waals surface area (Å²) in [5, 5.41) is 0.856. The minimum Gasteiger partial charge on any atom is -0.370 e. The number of nitrogens with zero attached hydrogens (tertiary/aromatic N) is 3. The Morgan fingerprint density at radius 2 is 1.90 bits per heavy atom. The second-order valence-corrected chi connectivity index (χ2v) is 8.34. The van der Waals surface area contributed by atoms with Crippen LogP contribution in [0.4, 0.5) is 10.1 Å². The zero-order valence-corrected chi connectivity index (χ0v) is 17.7. The number of carbonyl (C=O) groups is 2. The summed E-state index contributed by atoms with van der Waals surface area (Å²) in [5.74, 6) is -0.853. The van der Waals surface area contributed by atoms with Crippen LogP contribution in [0.3, 0.4) is 0 Å². The third-order valence-corrected chi connectivity index (χ3v) is 6.33. The third kappa shape index (κ3) is 5.18. The highest BCUT2D eigenvalue weighted by molar-refractivity contribution is 7.99. The van der Waals surface area contributed by atoms with Gasteiger partial charge in [0.2, 0.25) is 11.8 Å². The van der Waals surface area contributed by atoms with Gasteiger partial charge in [-0.3, -0.25) is 9.59 Å². The smallest absolute Gasteiger partial charge is 0.237 e. The fourth-order valence-electron chi connectivity index (χ4n) is 3.74. The molecule has 8 heteroatoms. The molecule has 29 heavy (non-hydrogen) atoms. The minimum atomic E-state index is -0.486. The largest absolute Gasteiger partial charge is 0.370 e. The van der Waals surface area contributed by atoms with Crippen molar-refractivity contribution in [3.05, 3.63) is 41.5 Å². The first-order chi connectivity index (χ1) is 13.9. The van der Waals surface area contributed by atoms with Gasteiger partial charge >= 0.3 is 0 Å². The summed E-state index contributed by atoms with van der Waals surface area (Å²) in [7, 11) is 0. The van der Waals surface area contributed by atoms with Crippen molar-refractivity contribution in [2.45, 2.75) is 57.1 Å². The van der Waals surface area contributed by atoms with Gasteiger partial charge in [-0.05, 0) is 51.0 Å². The molecule has 1 heterocycles. The number of carbonyl (C=O) groups excluding carboxylic acids is 2. The molecule has 1 saturated carbocycles. The lowest BCUT2D eigenvalue weighted by molar-refractivity contribution is -0.118. The fraction of sp³-hybridized carbons (Fsp3) is 0.476. The average Bonchev–Trinajstić information content (AvgIpc) is 3.30. The number of primary amides is 1. The Kier molecular flexibility index (Phi) is 6.95. The summed E-state index contributed by atoms with van der Waals surface area (Å²) < 4.78 is 15.5. The number of hydrogen-bond acceptors (Lipinski definition) is 4. The van der Waals surface area contributed by atoms with Crippen LogP contribution in [0, 0.1) is 19.7 Å². The lowest BCUT2D eigenvalue weighted by Crippen LogP contribution is -2.35. The van der Waals surface area contributed by atoms with E-state index in [4.69, 9.17) is 5.73 Å². The number of imidazole rings is 1. The summed E-state index contributed by atoms with van der Waals surface area (Å²) in [6.45, 7) is 4.23. The first-order valence-electron chi connectivity index (χ1n) is 9.89. The molecule has 0 bridgehead atoms. The van der Waals surface area contributed by atoms with Crippen molar-refractivity contribution >= 4 is 29.3 Å². The van der Waals surface area contributed by atoms with Gasteiger partial charge in [0.05, 0.1) is 11.4 Å². The van der Waals surface area contributed by atoms with Gasteiger partial charge in [0.15, 0.2) is 5.16 Å². The molecule has 1 aliphatic rings. The highest BCUT2D eigenvalue weighted by Crippen LogP contribution is 2.35. The Hall–Kier alpha value is -2.35. The number of aryl methyl sites for hydroxylation is 1. The standard InChI is InChI=1S/C21H27FN4O2S/c1-14-15(2)26(18-5-3-4-6-18)21(24-14)29-13-20(28)25(12-11-19(23)27)17-9-7-16(22)8-10-17/h7-10,18H,3-6,11-13H2,1-2H3,(H2,23,27). The SMILES string of the molecule is Cc1nc(SCC(=O)N(CCC(N)=O)c2ccc(F)cc2)n(C2CCCC2)c1C. The van der Waals surface area contributed by atoms with Crippen molar-refractivity contribution in [2.75, 3.05) is 17.2 Å². The van der Waals surface area contributed by atoms with E-state index in [1.165, 1.54) is 53.8 Å². The number of rotatable bonds is 8. The number of aromatic nitrogens is 2. The maximum absolute atomic E-state index is 13.3. The molecule has 1 aliphatic carbocycles. The van der Waals surface area contributed by atoms with Gasteiger partial charge in [-0.2, -0.15) is 0 Å². The Morgan fingerprint density at radius 1 is 1.24 bits per heavy atom. The zero-order valence-electron chi connectivity index (χ0n) is 16.9. The monoisotopic (exact) mass is 418 g/mol. The van der Waals surface area contributed by atoms with Crippen molar-refractivity contribution in [1.29, 1.82) is 0 Å². The predicted molar refractivity (Wildman–Crippen MR) is 112 cm³/mol. The maximum Gasteiger partial charge on any atom is 0.237 e. The maximum atomic E-state index is 13.3. The molecule has 0 saturated heterocycles. The van der Waals surface area contributed by atoms with Crippen LogP contribution >= 0.6 is 11.8 Å². The van der Waals surface area contributed by atoms with E-state index in [1.807, 2.05) is 6.92 Å². The van der Waals surface area contributed by atoms with E-state index in [9.17, 15) is 14.0 Å². The van der Waals surface area contributed by atoms with Gasteiger partial charge in [0.1, 0.15) is 5.82 Å². The topological polar surface area (TPSA) is 81.2 Å². The van der Waals surface area contributed by atoms with Gasteiger partial charge in [0.25, 0.3) is 0 Å². The quantitative estimate of drug-likeness (QED) is 0.662. The molecule has 6 nitrogen and oxygen atoms in total. The second kappa shape index (κ2) is 9.43. The van der Waals surface area contributed by atoms with E-state index >= 15 is 0 Å². The van der Waals surface area contributed by atoms with E-state index in [0.717, 1.165) is 29.4 Å². The highest BCUT2D eigenvalue weighted by Gasteiger charge is 2.24. The van der Waals surface area contributed by atoms with Crippen molar-refractivity contribution < 1.29 is 14.0 Å². The van der Waals surface area contributed by atoms with Crippen LogP contribution in [0.5, 0.6) is 0 Å². The van der Waals surface area contributed by atoms with Gasteiger partial charge in [-0.1, -0.05) is 24.6 Å². The molecule has 0 unspecified atom stereocenters. The van der Waals surface area contributed by atoms with Crippen LogP contribution in [0.15, 0.2) is 29.4 Å². The van der Waals surface area contributed by atoms with E-state index in [1.54, 1.807) is 0 Å². The zero-order chi connectivity index (χ0) is 21.0. The first kappa shape index (κ1) is 21.4. The molecule has 1 fully saturated rings. The molecule has 2 N–H and O–H groups in total. The molecular weight excluding hydrogens is 391 g/mol. The van der Waals surface area contributed by atoms with E-state index < -0.39 is 5.91 Å². The lowest BCUT2D eigenvalue weighted by atomic mass is 10.2. The van der Waals surface area contributed by atoms with Crippen molar-refractivity contribution in [1.82, 2.24) is 9.55 Å². The van der Waals surface area contributed by atoms with Gasteiger partial charge in [-0.15, -0.1) is 0 Å². The van der Waals surface area contributed by atoms with E-state index in [0.29, 0.717) is 11.7 Å². The highest BCUT2D eigenvalue weighted by atomic mass is 32.2. The Balaban J connectivity index is 1.75. The fourth-order valence-corrected chi connectivity index (χ4v) is 4.77. The number of thioether (sulfide) groups is 1. The third-order valence-electron chi connectivity index (χ3n) is 5.39. The number of amides is 2. The van der Waals surface area contributed by atoms with Gasteiger partial charge < -0.3 is 15.2 Å². The molecule has 0 spiro atoms. The molecule has 2 amide bonds. The Labute approximate surface area is 174 Å². The van der Waals surface area contributed by atoms with Crippen molar-refractivity contribution in [3.63, 3.8) is 0 Å². The molecule has 0 atom stereocenters. The molecule has 0 aliphatic heterocycles. The van der Waals surface area contributed by atoms with Crippen LogP contribution in [0.25, 0.3) is 0 Å². The summed E-state index contributed by atoms with van der Waals surface area (Å²) >= 11 is 1.41. The van der Waals surface area contributed by atoms with Gasteiger partial charge in [0, 0.05) is 30.4 Å². The molecule has 156 valence electrons. The first-order valence-corrected chi connectivity index (χ1v) is 10.9.